The molecule has 0 bridgehead atoms. The summed E-state index contributed by atoms with van der Waals surface area (Å²) >= 11 is 6.01. The molecule has 0 saturated heterocycles. The quantitative estimate of drug-likeness (QED) is 0.372. The zero-order valence-electron chi connectivity index (χ0n) is 13.5. The van der Waals surface area contributed by atoms with E-state index >= 15 is 0 Å². The fourth-order valence-corrected chi connectivity index (χ4v) is 2.88. The molecule has 0 aliphatic carbocycles. The number of nitrogens with two attached hydrogens (primary N) is 1. The average molecular weight is 375 g/mol. The lowest BCUT2D eigenvalue weighted by Gasteiger charge is -2.15. The van der Waals surface area contributed by atoms with Crippen LogP contribution in [0.3, 0.4) is 0 Å². The lowest BCUT2D eigenvalue weighted by Crippen LogP contribution is -2.26. The minimum atomic E-state index is -0.845. The second-order valence-electron chi connectivity index (χ2n) is 5.49. The molecule has 3 rings (SSSR count). The minimum Gasteiger partial charge on any atom is -0.369 e. The number of hydrogen-bond donors (Lipinski definition) is 3. The standard InChI is InChI=1S/C17H13ClF2N6/c1-8-4-9(5-13(18)24-8)14-15(11-3-2-10(19)6-12(11)20)25-17(23)26(7-21)16(14)22/h2-7,21-22H,1H3,(H2,23,25). The van der Waals surface area contributed by atoms with Crippen molar-refractivity contribution in [3.63, 3.8) is 0 Å². The molecule has 3 aromatic rings. The highest BCUT2D eigenvalue weighted by atomic mass is 35.5. The Kier molecular flexibility index (Phi) is 4.52. The smallest absolute Gasteiger partial charge is 0.207 e. The fraction of sp³-hybridized carbons (Fsp3) is 0.0588. The molecule has 132 valence electrons. The van der Waals surface area contributed by atoms with Crippen LogP contribution in [0.4, 0.5) is 14.7 Å². The van der Waals surface area contributed by atoms with Crippen molar-refractivity contribution in [3.05, 3.63) is 58.3 Å². The molecule has 6 nitrogen and oxygen atoms in total. The molecule has 0 spiro atoms. The van der Waals surface area contributed by atoms with E-state index in [0.717, 1.165) is 23.0 Å². The summed E-state index contributed by atoms with van der Waals surface area (Å²) in [6.45, 7) is 1.71. The molecule has 0 amide bonds. The molecular weight excluding hydrogens is 362 g/mol. The van der Waals surface area contributed by atoms with Crippen LogP contribution in [0.25, 0.3) is 22.4 Å². The SMILES string of the molecule is Cc1cc(-c2c(-c3ccc(F)cc3F)nc(N)n(C=N)c2=N)cc(Cl)n1. The van der Waals surface area contributed by atoms with Crippen molar-refractivity contribution in [2.45, 2.75) is 6.92 Å². The third-order valence-corrected chi connectivity index (χ3v) is 3.91. The van der Waals surface area contributed by atoms with Crippen LogP contribution in [0.5, 0.6) is 0 Å². The first-order valence-electron chi connectivity index (χ1n) is 7.39. The second kappa shape index (κ2) is 6.64. The van der Waals surface area contributed by atoms with Crippen molar-refractivity contribution in [3.8, 4) is 22.4 Å². The maximum absolute atomic E-state index is 14.4. The fourth-order valence-electron chi connectivity index (χ4n) is 2.62. The van der Waals surface area contributed by atoms with Gasteiger partial charge >= 0.3 is 0 Å². The van der Waals surface area contributed by atoms with Gasteiger partial charge < -0.3 is 5.73 Å². The first-order chi connectivity index (χ1) is 12.3. The number of benzene rings is 1. The Morgan fingerprint density at radius 2 is 1.92 bits per heavy atom. The Bertz CT molecular complexity index is 1070. The minimum absolute atomic E-state index is 0.0238. The van der Waals surface area contributed by atoms with Crippen LogP contribution >= 0.6 is 11.6 Å². The molecule has 0 aliphatic heterocycles. The number of aryl methyl sites for hydroxylation is 1. The average Bonchev–Trinajstić information content (AvgIpc) is 2.53. The molecule has 0 radical (unpaired) electrons. The summed E-state index contributed by atoms with van der Waals surface area (Å²) in [5.74, 6) is -1.76. The number of rotatable bonds is 3. The number of nitrogen functional groups attached to an aromatic ring is 1. The Hall–Kier alpha value is -3.13. The van der Waals surface area contributed by atoms with Gasteiger partial charge in [0.15, 0.2) is 0 Å². The predicted octanol–water partition coefficient (Wildman–Crippen LogP) is 3.37. The molecule has 0 unspecified atom stereocenters. The van der Waals surface area contributed by atoms with E-state index in [4.69, 9.17) is 28.2 Å². The number of halogens is 3. The van der Waals surface area contributed by atoms with Crippen LogP contribution in [-0.4, -0.2) is 20.9 Å². The van der Waals surface area contributed by atoms with Crippen LogP contribution < -0.4 is 11.2 Å². The molecule has 0 saturated carbocycles. The Morgan fingerprint density at radius 1 is 1.19 bits per heavy atom. The summed E-state index contributed by atoms with van der Waals surface area (Å²) in [7, 11) is 0. The molecular formula is C17H13ClF2N6. The van der Waals surface area contributed by atoms with E-state index in [-0.39, 0.29) is 33.4 Å². The van der Waals surface area contributed by atoms with E-state index in [1.165, 1.54) is 12.1 Å². The normalized spacial score (nSPS) is 10.8. The van der Waals surface area contributed by atoms with E-state index < -0.39 is 11.6 Å². The summed E-state index contributed by atoms with van der Waals surface area (Å²) in [5, 5.41) is 16.0. The van der Waals surface area contributed by atoms with Crippen molar-refractivity contribution in [1.82, 2.24) is 14.5 Å². The number of pyridine rings is 1. The van der Waals surface area contributed by atoms with E-state index in [9.17, 15) is 8.78 Å². The van der Waals surface area contributed by atoms with Gasteiger partial charge in [-0.25, -0.2) is 18.7 Å². The van der Waals surface area contributed by atoms with Crippen LogP contribution in [0.2, 0.25) is 5.15 Å². The van der Waals surface area contributed by atoms with Gasteiger partial charge in [0.1, 0.15) is 22.3 Å². The van der Waals surface area contributed by atoms with E-state index in [1.807, 2.05) is 0 Å². The number of anilines is 1. The van der Waals surface area contributed by atoms with Gasteiger partial charge in [0.2, 0.25) is 5.95 Å². The van der Waals surface area contributed by atoms with Gasteiger partial charge in [-0.3, -0.25) is 15.4 Å². The van der Waals surface area contributed by atoms with E-state index in [2.05, 4.69) is 9.97 Å². The van der Waals surface area contributed by atoms with Gasteiger partial charge in [0, 0.05) is 17.3 Å². The third kappa shape index (κ3) is 3.06. The van der Waals surface area contributed by atoms with Crippen LogP contribution in [0, 0.1) is 29.4 Å². The third-order valence-electron chi connectivity index (χ3n) is 3.71. The van der Waals surface area contributed by atoms with Crippen LogP contribution in [-0.2, 0) is 0 Å². The first kappa shape index (κ1) is 17.7. The summed E-state index contributed by atoms with van der Waals surface area (Å²) < 4.78 is 28.7. The molecule has 0 atom stereocenters. The summed E-state index contributed by atoms with van der Waals surface area (Å²) in [6, 6.07) is 6.18. The molecule has 9 heteroatoms. The van der Waals surface area contributed by atoms with Crippen LogP contribution in [0.15, 0.2) is 30.3 Å². The maximum atomic E-state index is 14.4. The molecule has 0 fully saturated rings. The summed E-state index contributed by atoms with van der Waals surface area (Å²) in [4.78, 5) is 8.21. The van der Waals surface area contributed by atoms with Gasteiger partial charge in [-0.15, -0.1) is 0 Å². The zero-order valence-corrected chi connectivity index (χ0v) is 14.3. The molecule has 1 aromatic carbocycles. The summed E-state index contributed by atoms with van der Waals surface area (Å²) in [6.07, 6.45) is 0.828. The number of hydrogen-bond acceptors (Lipinski definition) is 5. The van der Waals surface area contributed by atoms with E-state index in [0.29, 0.717) is 11.3 Å². The van der Waals surface area contributed by atoms with Crippen molar-refractivity contribution in [2.24, 2.45) is 0 Å². The number of aromatic nitrogens is 3. The zero-order chi connectivity index (χ0) is 19.0. The Balaban J connectivity index is 2.44. The highest BCUT2D eigenvalue weighted by molar-refractivity contribution is 6.29. The molecule has 26 heavy (non-hydrogen) atoms. The van der Waals surface area contributed by atoms with Crippen molar-refractivity contribution < 1.29 is 8.78 Å². The van der Waals surface area contributed by atoms with E-state index in [1.54, 1.807) is 13.0 Å². The van der Waals surface area contributed by atoms with Crippen molar-refractivity contribution in [2.75, 3.05) is 5.73 Å². The lowest BCUT2D eigenvalue weighted by molar-refractivity contribution is 0.585. The molecule has 2 aromatic heterocycles. The van der Waals surface area contributed by atoms with Gasteiger partial charge in [-0.2, -0.15) is 0 Å². The van der Waals surface area contributed by atoms with Crippen molar-refractivity contribution in [1.29, 1.82) is 10.8 Å². The molecule has 0 aliphatic rings. The highest BCUT2D eigenvalue weighted by Gasteiger charge is 2.19. The number of nitrogens with zero attached hydrogens (tertiary/aromatic N) is 3. The maximum Gasteiger partial charge on any atom is 0.207 e. The van der Waals surface area contributed by atoms with Gasteiger partial charge in [0.25, 0.3) is 0 Å². The van der Waals surface area contributed by atoms with Crippen LogP contribution in [0.1, 0.15) is 5.69 Å². The molecule has 2 heterocycles. The second-order valence-corrected chi connectivity index (χ2v) is 5.87. The van der Waals surface area contributed by atoms with Gasteiger partial charge in [-0.1, -0.05) is 11.6 Å². The lowest BCUT2D eigenvalue weighted by atomic mass is 10.00. The monoisotopic (exact) mass is 374 g/mol. The predicted molar refractivity (Wildman–Crippen MR) is 95.0 cm³/mol. The first-order valence-corrected chi connectivity index (χ1v) is 7.76. The highest BCUT2D eigenvalue weighted by Crippen LogP contribution is 2.31. The topological polar surface area (TPSA) is 104 Å². The Labute approximate surface area is 151 Å². The van der Waals surface area contributed by atoms with Gasteiger partial charge in [0.05, 0.1) is 17.6 Å². The largest absolute Gasteiger partial charge is 0.369 e. The summed E-state index contributed by atoms with van der Waals surface area (Å²) in [5.41, 5.74) is 6.87. The van der Waals surface area contributed by atoms with Gasteiger partial charge in [-0.05, 0) is 36.8 Å². The molecule has 4 N–H and O–H groups in total. The Morgan fingerprint density at radius 3 is 2.54 bits per heavy atom. The number of nitrogens with one attached hydrogen (secondary N) is 2. The van der Waals surface area contributed by atoms with Crippen molar-refractivity contribution >= 4 is 23.9 Å².